The fourth-order valence-electron chi connectivity index (χ4n) is 3.56. The van der Waals surface area contributed by atoms with Crippen LogP contribution in [0.3, 0.4) is 0 Å². The number of aliphatic hydroxyl groups excluding tert-OH is 1. The zero-order chi connectivity index (χ0) is 14.5. The fraction of sp³-hybridized carbons (Fsp3) is 0.750. The molecule has 0 radical (unpaired) electrons. The SMILES string of the molecule is C=CC(=O)NC1CCC(C(=O)C2CCCCC2)C(O)C1. The van der Waals surface area contributed by atoms with Gasteiger partial charge in [-0.1, -0.05) is 25.8 Å². The maximum absolute atomic E-state index is 12.5. The van der Waals surface area contributed by atoms with Crippen molar-refractivity contribution < 1.29 is 14.7 Å². The summed E-state index contributed by atoms with van der Waals surface area (Å²) in [6.07, 6.45) is 8.01. The van der Waals surface area contributed by atoms with Gasteiger partial charge in [0.2, 0.25) is 5.91 Å². The Morgan fingerprint density at radius 2 is 1.80 bits per heavy atom. The molecule has 2 N–H and O–H groups in total. The first-order chi connectivity index (χ1) is 9.61. The van der Waals surface area contributed by atoms with E-state index < -0.39 is 6.10 Å². The maximum atomic E-state index is 12.5. The molecule has 4 heteroatoms. The summed E-state index contributed by atoms with van der Waals surface area (Å²) in [5.41, 5.74) is 0. The summed E-state index contributed by atoms with van der Waals surface area (Å²) in [5.74, 6) is -0.0253. The number of hydrogen-bond donors (Lipinski definition) is 2. The van der Waals surface area contributed by atoms with Gasteiger partial charge in [-0.15, -0.1) is 0 Å². The minimum Gasteiger partial charge on any atom is -0.392 e. The van der Waals surface area contributed by atoms with Crippen LogP contribution in [0.1, 0.15) is 51.4 Å². The van der Waals surface area contributed by atoms with E-state index in [1.54, 1.807) is 0 Å². The third-order valence-corrected chi connectivity index (χ3v) is 4.72. The molecule has 0 aromatic carbocycles. The molecule has 0 aliphatic heterocycles. The Morgan fingerprint density at radius 1 is 1.10 bits per heavy atom. The molecule has 0 heterocycles. The highest BCUT2D eigenvalue weighted by molar-refractivity contribution is 5.87. The molecular formula is C16H25NO3. The smallest absolute Gasteiger partial charge is 0.243 e. The van der Waals surface area contributed by atoms with Gasteiger partial charge in [-0.3, -0.25) is 9.59 Å². The highest BCUT2D eigenvalue weighted by Gasteiger charge is 2.37. The summed E-state index contributed by atoms with van der Waals surface area (Å²) in [6.45, 7) is 3.42. The quantitative estimate of drug-likeness (QED) is 0.773. The molecule has 112 valence electrons. The van der Waals surface area contributed by atoms with Gasteiger partial charge in [0.15, 0.2) is 0 Å². The lowest BCUT2D eigenvalue weighted by atomic mass is 9.74. The average molecular weight is 279 g/mol. The first kappa shape index (κ1) is 15.2. The summed E-state index contributed by atoms with van der Waals surface area (Å²) in [4.78, 5) is 23.8. The van der Waals surface area contributed by atoms with Gasteiger partial charge in [0, 0.05) is 17.9 Å². The lowest BCUT2D eigenvalue weighted by molar-refractivity contribution is -0.133. The van der Waals surface area contributed by atoms with Crippen LogP contribution in [0.25, 0.3) is 0 Å². The Hall–Kier alpha value is -1.16. The number of nitrogens with one attached hydrogen (secondary N) is 1. The highest BCUT2D eigenvalue weighted by Crippen LogP contribution is 2.33. The number of ketones is 1. The van der Waals surface area contributed by atoms with Crippen molar-refractivity contribution in [2.75, 3.05) is 0 Å². The van der Waals surface area contributed by atoms with Gasteiger partial charge in [0.25, 0.3) is 0 Å². The van der Waals surface area contributed by atoms with Crippen LogP contribution in [-0.2, 0) is 9.59 Å². The van der Waals surface area contributed by atoms with E-state index in [4.69, 9.17) is 0 Å². The summed E-state index contributed by atoms with van der Waals surface area (Å²) in [7, 11) is 0. The van der Waals surface area contributed by atoms with Gasteiger partial charge >= 0.3 is 0 Å². The van der Waals surface area contributed by atoms with Gasteiger partial charge in [-0.05, 0) is 38.2 Å². The summed E-state index contributed by atoms with van der Waals surface area (Å²) in [6, 6.07) is -0.0362. The van der Waals surface area contributed by atoms with Gasteiger partial charge in [-0.2, -0.15) is 0 Å². The van der Waals surface area contributed by atoms with Crippen LogP contribution in [0, 0.1) is 11.8 Å². The van der Waals surface area contributed by atoms with Gasteiger partial charge in [0.05, 0.1) is 6.10 Å². The number of amides is 1. The molecule has 3 unspecified atom stereocenters. The Morgan fingerprint density at radius 3 is 2.40 bits per heavy atom. The van der Waals surface area contributed by atoms with Crippen LogP contribution in [0.15, 0.2) is 12.7 Å². The predicted octanol–water partition coefficient (Wildman–Crippen LogP) is 1.97. The van der Waals surface area contributed by atoms with Gasteiger partial charge in [-0.25, -0.2) is 0 Å². The van der Waals surface area contributed by atoms with Crippen molar-refractivity contribution in [2.24, 2.45) is 11.8 Å². The molecule has 2 aliphatic rings. The van der Waals surface area contributed by atoms with Crippen molar-refractivity contribution >= 4 is 11.7 Å². The molecule has 0 aromatic rings. The van der Waals surface area contributed by atoms with Crippen LogP contribution in [0.2, 0.25) is 0 Å². The normalized spacial score (nSPS) is 31.6. The summed E-state index contributed by atoms with van der Waals surface area (Å²) >= 11 is 0. The molecule has 1 amide bonds. The van der Waals surface area contributed by atoms with E-state index in [-0.39, 0.29) is 29.6 Å². The molecule has 0 bridgehead atoms. The van der Waals surface area contributed by atoms with Crippen molar-refractivity contribution in [3.63, 3.8) is 0 Å². The molecule has 3 atom stereocenters. The second-order valence-corrected chi connectivity index (χ2v) is 6.13. The Kier molecular flexibility index (Phi) is 5.35. The lowest BCUT2D eigenvalue weighted by Crippen LogP contribution is -2.45. The van der Waals surface area contributed by atoms with Gasteiger partial charge < -0.3 is 10.4 Å². The zero-order valence-corrected chi connectivity index (χ0v) is 12.0. The maximum Gasteiger partial charge on any atom is 0.243 e. The number of hydrogen-bond acceptors (Lipinski definition) is 3. The number of carbonyl (C=O) groups is 2. The van der Waals surface area contributed by atoms with E-state index >= 15 is 0 Å². The number of Topliss-reactive ketones (excluding diaryl/α,β-unsaturated/α-hetero) is 1. The topological polar surface area (TPSA) is 66.4 Å². The van der Waals surface area contributed by atoms with Crippen molar-refractivity contribution in [1.82, 2.24) is 5.32 Å². The molecular weight excluding hydrogens is 254 g/mol. The van der Waals surface area contributed by atoms with Crippen LogP contribution in [-0.4, -0.2) is 28.9 Å². The average Bonchev–Trinajstić information content (AvgIpc) is 2.47. The van der Waals surface area contributed by atoms with E-state index in [1.165, 1.54) is 12.5 Å². The van der Waals surface area contributed by atoms with Crippen molar-refractivity contribution in [1.29, 1.82) is 0 Å². The van der Waals surface area contributed by atoms with Crippen molar-refractivity contribution in [3.8, 4) is 0 Å². The number of rotatable bonds is 4. The molecule has 20 heavy (non-hydrogen) atoms. The monoisotopic (exact) mass is 279 g/mol. The molecule has 2 aliphatic carbocycles. The lowest BCUT2D eigenvalue weighted by Gasteiger charge is -2.35. The molecule has 0 saturated heterocycles. The molecule has 0 spiro atoms. The third kappa shape index (κ3) is 3.69. The second-order valence-electron chi connectivity index (χ2n) is 6.13. The molecule has 2 rings (SSSR count). The fourth-order valence-corrected chi connectivity index (χ4v) is 3.56. The minimum absolute atomic E-state index is 0.0362. The van der Waals surface area contributed by atoms with Gasteiger partial charge in [0.1, 0.15) is 5.78 Å². The molecule has 2 fully saturated rings. The number of carbonyl (C=O) groups excluding carboxylic acids is 2. The standard InChI is InChI=1S/C16H25NO3/c1-2-15(19)17-12-8-9-13(14(18)10-12)16(20)11-6-4-3-5-7-11/h2,11-14,18H,1,3-10H2,(H,17,19). The Balaban J connectivity index is 1.87. The Labute approximate surface area is 120 Å². The second kappa shape index (κ2) is 7.02. The van der Waals surface area contributed by atoms with E-state index in [2.05, 4.69) is 11.9 Å². The minimum atomic E-state index is -0.617. The highest BCUT2D eigenvalue weighted by atomic mass is 16.3. The van der Waals surface area contributed by atoms with Crippen LogP contribution in [0.5, 0.6) is 0 Å². The van der Waals surface area contributed by atoms with Crippen LogP contribution in [0.4, 0.5) is 0 Å². The molecule has 0 aromatic heterocycles. The predicted molar refractivity (Wildman–Crippen MR) is 77.1 cm³/mol. The summed E-state index contributed by atoms with van der Waals surface area (Å²) in [5, 5.41) is 13.0. The van der Waals surface area contributed by atoms with E-state index in [1.807, 2.05) is 0 Å². The summed E-state index contributed by atoms with van der Waals surface area (Å²) < 4.78 is 0. The van der Waals surface area contributed by atoms with E-state index in [0.717, 1.165) is 32.1 Å². The molecule has 2 saturated carbocycles. The largest absolute Gasteiger partial charge is 0.392 e. The van der Waals surface area contributed by atoms with E-state index in [9.17, 15) is 14.7 Å². The third-order valence-electron chi connectivity index (χ3n) is 4.72. The zero-order valence-electron chi connectivity index (χ0n) is 12.0. The number of aliphatic hydroxyl groups is 1. The van der Waals surface area contributed by atoms with Crippen LogP contribution < -0.4 is 5.32 Å². The first-order valence-electron chi connectivity index (χ1n) is 7.76. The van der Waals surface area contributed by atoms with Crippen LogP contribution >= 0.6 is 0 Å². The Bertz CT molecular complexity index is 374. The van der Waals surface area contributed by atoms with E-state index in [0.29, 0.717) is 12.8 Å². The molecule has 4 nitrogen and oxygen atoms in total. The van der Waals surface area contributed by atoms with Crippen molar-refractivity contribution in [3.05, 3.63) is 12.7 Å². The first-order valence-corrected chi connectivity index (χ1v) is 7.76. The van der Waals surface area contributed by atoms with Crippen molar-refractivity contribution in [2.45, 2.75) is 63.5 Å².